The molecule has 1 aliphatic rings. The van der Waals surface area contributed by atoms with Crippen LogP contribution in [0.1, 0.15) is 46.1 Å². The van der Waals surface area contributed by atoms with Crippen LogP contribution in [0.3, 0.4) is 0 Å². The van der Waals surface area contributed by atoms with Gasteiger partial charge in [-0.05, 0) is 10.9 Å². The van der Waals surface area contributed by atoms with E-state index in [2.05, 4.69) is 24.9 Å². The SMILES string of the molecule is CC.CC.CC1CN(C)c2cc(O)c3ccccc3c21. The van der Waals surface area contributed by atoms with Gasteiger partial charge in [-0.2, -0.15) is 0 Å². The van der Waals surface area contributed by atoms with Crippen LogP contribution in [-0.2, 0) is 0 Å². The van der Waals surface area contributed by atoms with E-state index in [-0.39, 0.29) is 0 Å². The van der Waals surface area contributed by atoms with Crippen LogP contribution in [0.25, 0.3) is 10.8 Å². The molecule has 0 amide bonds. The molecule has 20 heavy (non-hydrogen) atoms. The van der Waals surface area contributed by atoms with Gasteiger partial charge in [0.05, 0.1) is 0 Å². The Morgan fingerprint density at radius 2 is 1.60 bits per heavy atom. The molecule has 0 fully saturated rings. The van der Waals surface area contributed by atoms with Gasteiger partial charge in [0.1, 0.15) is 5.75 Å². The van der Waals surface area contributed by atoms with E-state index in [1.165, 1.54) is 16.6 Å². The highest BCUT2D eigenvalue weighted by Crippen LogP contribution is 2.43. The zero-order valence-corrected chi connectivity index (χ0v) is 13.6. The van der Waals surface area contributed by atoms with E-state index in [1.807, 2.05) is 52.0 Å². The summed E-state index contributed by atoms with van der Waals surface area (Å²) in [4.78, 5) is 2.21. The highest BCUT2D eigenvalue weighted by Gasteiger charge is 2.26. The van der Waals surface area contributed by atoms with Crippen LogP contribution in [0, 0.1) is 0 Å². The van der Waals surface area contributed by atoms with Crippen molar-refractivity contribution in [1.29, 1.82) is 0 Å². The van der Waals surface area contributed by atoms with Crippen molar-refractivity contribution in [1.82, 2.24) is 0 Å². The first-order valence-electron chi connectivity index (χ1n) is 7.64. The molecule has 1 unspecified atom stereocenters. The number of anilines is 1. The first kappa shape index (κ1) is 16.4. The van der Waals surface area contributed by atoms with Gasteiger partial charge in [0.25, 0.3) is 0 Å². The monoisotopic (exact) mass is 273 g/mol. The van der Waals surface area contributed by atoms with Gasteiger partial charge < -0.3 is 10.0 Å². The second-order valence-corrected chi connectivity index (χ2v) is 4.66. The second kappa shape index (κ2) is 7.18. The van der Waals surface area contributed by atoms with Crippen LogP contribution in [0.2, 0.25) is 0 Å². The molecule has 2 aromatic carbocycles. The van der Waals surface area contributed by atoms with E-state index >= 15 is 0 Å². The lowest BCUT2D eigenvalue weighted by Gasteiger charge is -2.13. The molecule has 0 bridgehead atoms. The second-order valence-electron chi connectivity index (χ2n) is 4.66. The molecular formula is C18H27NO. The molecule has 3 rings (SSSR count). The number of phenols is 1. The Kier molecular flexibility index (Phi) is 5.87. The molecule has 2 nitrogen and oxygen atoms in total. The van der Waals surface area contributed by atoms with Crippen LogP contribution in [-0.4, -0.2) is 18.7 Å². The Hall–Kier alpha value is -1.70. The predicted octanol–water partition coefficient (Wildman–Crippen LogP) is 5.15. The zero-order chi connectivity index (χ0) is 15.3. The first-order chi connectivity index (χ1) is 9.68. The van der Waals surface area contributed by atoms with E-state index in [1.54, 1.807) is 0 Å². The lowest BCUT2D eigenvalue weighted by Crippen LogP contribution is -2.13. The van der Waals surface area contributed by atoms with Gasteiger partial charge in [-0.15, -0.1) is 0 Å². The molecule has 110 valence electrons. The predicted molar refractivity (Wildman–Crippen MR) is 90.0 cm³/mol. The van der Waals surface area contributed by atoms with Crippen molar-refractivity contribution in [3.63, 3.8) is 0 Å². The van der Waals surface area contributed by atoms with E-state index < -0.39 is 0 Å². The molecule has 1 atom stereocenters. The fraction of sp³-hybridized carbons (Fsp3) is 0.444. The number of phenolic OH excluding ortho intramolecular Hbond substituents is 1. The Morgan fingerprint density at radius 1 is 1.05 bits per heavy atom. The third kappa shape index (κ3) is 2.74. The minimum atomic E-state index is 0.385. The molecule has 1 aliphatic heterocycles. The summed E-state index contributed by atoms with van der Waals surface area (Å²) in [6, 6.07) is 9.98. The van der Waals surface area contributed by atoms with E-state index in [0.717, 1.165) is 11.9 Å². The minimum absolute atomic E-state index is 0.385. The van der Waals surface area contributed by atoms with E-state index in [4.69, 9.17) is 0 Å². The lowest BCUT2D eigenvalue weighted by molar-refractivity contribution is 0.481. The lowest BCUT2D eigenvalue weighted by atomic mass is 9.96. The van der Waals surface area contributed by atoms with Crippen molar-refractivity contribution in [2.24, 2.45) is 0 Å². The quantitative estimate of drug-likeness (QED) is 0.717. The molecule has 0 saturated carbocycles. The molecule has 2 heteroatoms. The number of hydrogen-bond acceptors (Lipinski definition) is 2. The standard InChI is InChI=1S/C14H15NO.2C2H6/c1-9-8-15(2)12-7-13(16)10-5-3-4-6-11(10)14(9)12;2*1-2/h3-7,9,16H,8H2,1-2H3;2*1-2H3. The van der Waals surface area contributed by atoms with Crippen LogP contribution in [0.15, 0.2) is 30.3 Å². The molecular weight excluding hydrogens is 246 g/mol. The summed E-state index contributed by atoms with van der Waals surface area (Å²) in [7, 11) is 2.08. The first-order valence-corrected chi connectivity index (χ1v) is 7.64. The number of rotatable bonds is 0. The third-order valence-electron chi connectivity index (χ3n) is 3.49. The molecule has 1 N–H and O–H groups in total. The van der Waals surface area contributed by atoms with E-state index in [9.17, 15) is 5.11 Å². The van der Waals surface area contributed by atoms with Gasteiger partial charge in [0.2, 0.25) is 0 Å². The Morgan fingerprint density at radius 3 is 2.20 bits per heavy atom. The summed E-state index contributed by atoms with van der Waals surface area (Å²) in [6.45, 7) is 11.3. The summed E-state index contributed by atoms with van der Waals surface area (Å²) < 4.78 is 0. The molecule has 0 aromatic heterocycles. The Bertz CT molecular complexity index is 563. The third-order valence-corrected chi connectivity index (χ3v) is 3.49. The summed E-state index contributed by atoms with van der Waals surface area (Å²) in [6.07, 6.45) is 0. The summed E-state index contributed by atoms with van der Waals surface area (Å²) in [5.74, 6) is 0.917. The number of aromatic hydroxyl groups is 1. The van der Waals surface area contributed by atoms with E-state index in [0.29, 0.717) is 11.7 Å². The van der Waals surface area contributed by atoms with Gasteiger partial charge in [-0.1, -0.05) is 58.9 Å². The highest BCUT2D eigenvalue weighted by atomic mass is 16.3. The molecule has 0 aliphatic carbocycles. The van der Waals surface area contributed by atoms with Gasteiger partial charge >= 0.3 is 0 Å². The fourth-order valence-corrected chi connectivity index (χ4v) is 2.80. The van der Waals surface area contributed by atoms with Gasteiger partial charge in [0, 0.05) is 36.7 Å². The summed E-state index contributed by atoms with van der Waals surface area (Å²) >= 11 is 0. The number of fused-ring (bicyclic) bond motifs is 3. The fourth-order valence-electron chi connectivity index (χ4n) is 2.80. The molecule has 0 saturated heterocycles. The number of benzene rings is 2. The molecule has 1 heterocycles. The minimum Gasteiger partial charge on any atom is -0.507 e. The topological polar surface area (TPSA) is 23.5 Å². The maximum atomic E-state index is 10.0. The maximum Gasteiger partial charge on any atom is 0.125 e. The largest absolute Gasteiger partial charge is 0.507 e. The number of hydrogen-bond donors (Lipinski definition) is 1. The Labute approximate surface area is 123 Å². The highest BCUT2D eigenvalue weighted by molar-refractivity contribution is 5.96. The molecule has 0 radical (unpaired) electrons. The van der Waals surface area contributed by atoms with Gasteiger partial charge in [-0.3, -0.25) is 0 Å². The number of likely N-dealkylation sites (N-methyl/N-ethyl adjacent to an activating group) is 1. The van der Waals surface area contributed by atoms with Crippen LogP contribution >= 0.6 is 0 Å². The smallest absolute Gasteiger partial charge is 0.125 e. The van der Waals surface area contributed by atoms with Crippen molar-refractivity contribution >= 4 is 16.5 Å². The van der Waals surface area contributed by atoms with Crippen molar-refractivity contribution < 1.29 is 5.11 Å². The van der Waals surface area contributed by atoms with Crippen molar-refractivity contribution in [2.75, 3.05) is 18.5 Å². The molecule has 2 aromatic rings. The Balaban J connectivity index is 0.000000461. The average Bonchev–Trinajstić information content (AvgIpc) is 2.78. The number of nitrogens with zero attached hydrogens (tertiary/aromatic N) is 1. The maximum absolute atomic E-state index is 10.0. The average molecular weight is 273 g/mol. The van der Waals surface area contributed by atoms with Crippen LogP contribution in [0.5, 0.6) is 5.75 Å². The summed E-state index contributed by atoms with van der Waals surface area (Å²) in [5.41, 5.74) is 2.54. The summed E-state index contributed by atoms with van der Waals surface area (Å²) in [5, 5.41) is 12.2. The molecule has 0 spiro atoms. The van der Waals surface area contributed by atoms with Crippen LogP contribution < -0.4 is 4.90 Å². The van der Waals surface area contributed by atoms with Crippen LogP contribution in [0.4, 0.5) is 5.69 Å². The van der Waals surface area contributed by atoms with Gasteiger partial charge in [0.15, 0.2) is 0 Å². The normalized spacial score (nSPS) is 15.9. The van der Waals surface area contributed by atoms with Crippen molar-refractivity contribution in [2.45, 2.75) is 40.5 Å². The van der Waals surface area contributed by atoms with Crippen molar-refractivity contribution in [3.8, 4) is 5.75 Å². The zero-order valence-electron chi connectivity index (χ0n) is 13.6. The van der Waals surface area contributed by atoms with Crippen molar-refractivity contribution in [3.05, 3.63) is 35.9 Å². The van der Waals surface area contributed by atoms with Gasteiger partial charge in [-0.25, -0.2) is 0 Å².